The van der Waals surface area contributed by atoms with Crippen molar-refractivity contribution in [2.75, 3.05) is 7.11 Å². The quantitative estimate of drug-likeness (QED) is 0.614. The maximum absolute atomic E-state index is 5.32. The van der Waals surface area contributed by atoms with Crippen molar-refractivity contribution in [2.24, 2.45) is 5.92 Å². The first-order valence-electron chi connectivity index (χ1n) is 3.96. The SMILES string of the molecule is CCC1CC(C)C(OC)S1. The fourth-order valence-electron chi connectivity index (χ4n) is 1.46. The van der Waals surface area contributed by atoms with Gasteiger partial charge >= 0.3 is 0 Å². The smallest absolute Gasteiger partial charge is 0.105 e. The van der Waals surface area contributed by atoms with Gasteiger partial charge in [0.05, 0.1) is 0 Å². The van der Waals surface area contributed by atoms with Crippen LogP contribution in [0.1, 0.15) is 26.7 Å². The summed E-state index contributed by atoms with van der Waals surface area (Å²) in [6.07, 6.45) is 2.62. The van der Waals surface area contributed by atoms with Crippen LogP contribution in [0.3, 0.4) is 0 Å². The average Bonchev–Trinajstić information content (AvgIpc) is 2.30. The Bertz CT molecular complexity index is 105. The lowest BCUT2D eigenvalue weighted by molar-refractivity contribution is 0.135. The van der Waals surface area contributed by atoms with Gasteiger partial charge < -0.3 is 4.74 Å². The van der Waals surface area contributed by atoms with Gasteiger partial charge in [-0.1, -0.05) is 13.8 Å². The highest BCUT2D eigenvalue weighted by Crippen LogP contribution is 2.39. The Labute approximate surface area is 67.5 Å². The van der Waals surface area contributed by atoms with E-state index in [9.17, 15) is 0 Å². The van der Waals surface area contributed by atoms with Crippen LogP contribution in [0.15, 0.2) is 0 Å². The van der Waals surface area contributed by atoms with Crippen molar-refractivity contribution in [1.29, 1.82) is 0 Å². The normalized spacial score (nSPS) is 40.5. The first kappa shape index (κ1) is 8.41. The predicted molar refractivity (Wildman–Crippen MR) is 46.2 cm³/mol. The molecule has 0 N–H and O–H groups in total. The summed E-state index contributed by atoms with van der Waals surface area (Å²) in [7, 11) is 1.81. The minimum atomic E-state index is 0.463. The molecule has 1 aliphatic rings. The minimum Gasteiger partial charge on any atom is -0.371 e. The average molecular weight is 160 g/mol. The third-order valence-corrected chi connectivity index (χ3v) is 3.95. The van der Waals surface area contributed by atoms with E-state index in [2.05, 4.69) is 13.8 Å². The van der Waals surface area contributed by atoms with E-state index in [1.807, 2.05) is 18.9 Å². The molecule has 1 heterocycles. The van der Waals surface area contributed by atoms with Crippen LogP contribution in [0.5, 0.6) is 0 Å². The Hall–Kier alpha value is 0.310. The summed E-state index contributed by atoms with van der Waals surface area (Å²) in [5.74, 6) is 0.750. The second kappa shape index (κ2) is 3.63. The molecular formula is C8H16OS. The Morgan fingerprint density at radius 1 is 1.60 bits per heavy atom. The van der Waals surface area contributed by atoms with Gasteiger partial charge in [0.1, 0.15) is 5.44 Å². The van der Waals surface area contributed by atoms with Gasteiger partial charge in [-0.3, -0.25) is 0 Å². The van der Waals surface area contributed by atoms with Crippen molar-refractivity contribution in [2.45, 2.75) is 37.4 Å². The number of hydrogen-bond donors (Lipinski definition) is 0. The minimum absolute atomic E-state index is 0.463. The van der Waals surface area contributed by atoms with Crippen LogP contribution in [0.2, 0.25) is 0 Å². The van der Waals surface area contributed by atoms with Crippen molar-refractivity contribution < 1.29 is 4.74 Å². The highest BCUT2D eigenvalue weighted by molar-refractivity contribution is 8.00. The third-order valence-electron chi connectivity index (χ3n) is 2.11. The van der Waals surface area contributed by atoms with Gasteiger partial charge in [-0.2, -0.15) is 0 Å². The van der Waals surface area contributed by atoms with Crippen LogP contribution >= 0.6 is 11.8 Å². The van der Waals surface area contributed by atoms with E-state index in [0.29, 0.717) is 5.44 Å². The zero-order valence-electron chi connectivity index (χ0n) is 6.96. The van der Waals surface area contributed by atoms with E-state index < -0.39 is 0 Å². The van der Waals surface area contributed by atoms with Gasteiger partial charge in [-0.25, -0.2) is 0 Å². The molecule has 0 radical (unpaired) electrons. The molecule has 0 aromatic carbocycles. The largest absolute Gasteiger partial charge is 0.371 e. The molecule has 1 fully saturated rings. The molecular weight excluding hydrogens is 144 g/mol. The molecule has 1 saturated heterocycles. The maximum atomic E-state index is 5.32. The van der Waals surface area contributed by atoms with Gasteiger partial charge in [0.15, 0.2) is 0 Å². The number of rotatable bonds is 2. The van der Waals surface area contributed by atoms with E-state index in [4.69, 9.17) is 4.74 Å². The molecule has 0 aromatic heterocycles. The summed E-state index contributed by atoms with van der Waals surface area (Å²) >= 11 is 2.00. The van der Waals surface area contributed by atoms with Crippen molar-refractivity contribution in [3.8, 4) is 0 Å². The van der Waals surface area contributed by atoms with Crippen molar-refractivity contribution >= 4 is 11.8 Å². The zero-order chi connectivity index (χ0) is 7.56. The van der Waals surface area contributed by atoms with Crippen molar-refractivity contribution in [3.63, 3.8) is 0 Å². The first-order valence-corrected chi connectivity index (χ1v) is 4.90. The molecule has 10 heavy (non-hydrogen) atoms. The Morgan fingerprint density at radius 3 is 2.60 bits per heavy atom. The highest BCUT2D eigenvalue weighted by atomic mass is 32.2. The first-order chi connectivity index (χ1) is 4.77. The molecule has 0 spiro atoms. The van der Waals surface area contributed by atoms with E-state index in [1.54, 1.807) is 0 Å². The summed E-state index contributed by atoms with van der Waals surface area (Å²) < 4.78 is 5.32. The second-order valence-electron chi connectivity index (χ2n) is 2.98. The van der Waals surface area contributed by atoms with Crippen LogP contribution in [0.25, 0.3) is 0 Å². The molecule has 1 nitrogen and oxygen atoms in total. The number of hydrogen-bond acceptors (Lipinski definition) is 2. The molecule has 3 unspecified atom stereocenters. The molecule has 0 saturated carbocycles. The van der Waals surface area contributed by atoms with Gasteiger partial charge in [-0.15, -0.1) is 11.8 Å². The lowest BCUT2D eigenvalue weighted by Gasteiger charge is -2.10. The highest BCUT2D eigenvalue weighted by Gasteiger charge is 2.30. The third kappa shape index (κ3) is 1.67. The molecule has 1 rings (SSSR count). The van der Waals surface area contributed by atoms with Crippen LogP contribution in [-0.2, 0) is 4.74 Å². The summed E-state index contributed by atoms with van der Waals surface area (Å²) in [5.41, 5.74) is 0.463. The van der Waals surface area contributed by atoms with Crippen LogP contribution in [0.4, 0.5) is 0 Å². The fraction of sp³-hybridized carbons (Fsp3) is 1.00. The lowest BCUT2D eigenvalue weighted by Crippen LogP contribution is -2.08. The van der Waals surface area contributed by atoms with E-state index in [0.717, 1.165) is 11.2 Å². The Balaban J connectivity index is 2.36. The van der Waals surface area contributed by atoms with E-state index in [-0.39, 0.29) is 0 Å². The van der Waals surface area contributed by atoms with E-state index >= 15 is 0 Å². The molecule has 60 valence electrons. The predicted octanol–water partition coefficient (Wildman–Crippen LogP) is 2.51. The van der Waals surface area contributed by atoms with Gasteiger partial charge in [-0.05, 0) is 18.8 Å². The topological polar surface area (TPSA) is 9.23 Å². The summed E-state index contributed by atoms with van der Waals surface area (Å²) in [4.78, 5) is 0. The van der Waals surface area contributed by atoms with Crippen LogP contribution in [0, 0.1) is 5.92 Å². The number of ether oxygens (including phenoxy) is 1. The van der Waals surface area contributed by atoms with Gasteiger partial charge in [0, 0.05) is 12.4 Å². The molecule has 3 atom stereocenters. The van der Waals surface area contributed by atoms with Crippen molar-refractivity contribution in [3.05, 3.63) is 0 Å². The molecule has 0 bridgehead atoms. The molecule has 1 aliphatic heterocycles. The number of thioether (sulfide) groups is 1. The fourth-order valence-corrected chi connectivity index (χ4v) is 2.93. The lowest BCUT2D eigenvalue weighted by atomic mass is 10.1. The van der Waals surface area contributed by atoms with Gasteiger partial charge in [0.25, 0.3) is 0 Å². The van der Waals surface area contributed by atoms with Crippen LogP contribution < -0.4 is 0 Å². The summed E-state index contributed by atoms with van der Waals surface area (Å²) in [6.45, 7) is 4.53. The molecule has 2 heteroatoms. The monoisotopic (exact) mass is 160 g/mol. The van der Waals surface area contributed by atoms with Gasteiger partial charge in [0.2, 0.25) is 0 Å². The zero-order valence-corrected chi connectivity index (χ0v) is 7.78. The van der Waals surface area contributed by atoms with Crippen LogP contribution in [-0.4, -0.2) is 17.8 Å². The van der Waals surface area contributed by atoms with Crippen molar-refractivity contribution in [1.82, 2.24) is 0 Å². The Morgan fingerprint density at radius 2 is 2.30 bits per heavy atom. The summed E-state index contributed by atoms with van der Waals surface area (Å²) in [6, 6.07) is 0. The Kier molecular flexibility index (Phi) is 3.05. The summed E-state index contributed by atoms with van der Waals surface area (Å²) in [5, 5.41) is 0.847. The number of methoxy groups -OCH3 is 1. The molecule has 0 aliphatic carbocycles. The second-order valence-corrected chi connectivity index (χ2v) is 4.39. The maximum Gasteiger partial charge on any atom is 0.105 e. The standard InChI is InChI=1S/C8H16OS/c1-4-7-5-6(2)8(9-3)10-7/h6-8H,4-5H2,1-3H3. The molecule has 0 aromatic rings. The molecule has 0 amide bonds. The van der Waals surface area contributed by atoms with E-state index in [1.165, 1.54) is 12.8 Å².